The Morgan fingerprint density at radius 3 is 2.53 bits per heavy atom. The maximum absolute atomic E-state index is 11.8. The van der Waals surface area contributed by atoms with Crippen molar-refractivity contribution in [3.05, 3.63) is 12.7 Å². The Labute approximate surface area is 100 Å². The molecule has 1 atom stereocenters. The molecule has 0 bridgehead atoms. The molecule has 0 aliphatic rings. The first-order chi connectivity index (χ1) is 7.99. The van der Waals surface area contributed by atoms with E-state index in [1.165, 1.54) is 0 Å². The molecule has 3 nitrogen and oxygen atoms in total. The van der Waals surface area contributed by atoms with Crippen molar-refractivity contribution in [2.75, 3.05) is 13.2 Å². The number of allylic oxidation sites excluding steroid dienone is 1. The quantitative estimate of drug-likeness (QED) is 0.272. The van der Waals surface area contributed by atoms with E-state index in [-0.39, 0.29) is 12.6 Å². The number of hydrogen-bond acceptors (Lipinski definition) is 3. The third kappa shape index (κ3) is 11.7. The molecular weight excluding hydrogens is 233 g/mol. The number of nitrogens with two attached hydrogens (primary N) is 1. The van der Waals surface area contributed by atoms with Gasteiger partial charge < -0.3 is 4.74 Å². The molecule has 0 aromatic carbocycles. The second-order valence-corrected chi connectivity index (χ2v) is 3.92. The van der Waals surface area contributed by atoms with Gasteiger partial charge >= 0.3 is 6.18 Å². The lowest BCUT2D eigenvalue weighted by Crippen LogP contribution is -2.39. The summed E-state index contributed by atoms with van der Waals surface area (Å²) in [6.07, 6.45) is 2.23. The van der Waals surface area contributed by atoms with Gasteiger partial charge in [-0.2, -0.15) is 13.2 Å². The summed E-state index contributed by atoms with van der Waals surface area (Å²) in [6.45, 7) is 2.38. The maximum Gasteiger partial charge on any atom is 0.411 e. The second-order valence-electron chi connectivity index (χ2n) is 3.92. The van der Waals surface area contributed by atoms with Gasteiger partial charge in [0.2, 0.25) is 0 Å². The van der Waals surface area contributed by atoms with Gasteiger partial charge in [-0.1, -0.05) is 18.9 Å². The topological polar surface area (TPSA) is 47.3 Å². The van der Waals surface area contributed by atoms with E-state index in [9.17, 15) is 13.2 Å². The van der Waals surface area contributed by atoms with E-state index in [4.69, 9.17) is 5.84 Å². The first-order valence-electron chi connectivity index (χ1n) is 5.71. The van der Waals surface area contributed by atoms with Gasteiger partial charge in [0.05, 0.1) is 6.61 Å². The van der Waals surface area contributed by atoms with Crippen LogP contribution in [0.5, 0.6) is 0 Å². The Morgan fingerprint density at radius 2 is 2.00 bits per heavy atom. The molecule has 0 aliphatic carbocycles. The zero-order valence-corrected chi connectivity index (χ0v) is 9.93. The number of nitrogens with one attached hydrogen (secondary N) is 1. The highest BCUT2D eigenvalue weighted by Gasteiger charge is 2.27. The lowest BCUT2D eigenvalue weighted by Gasteiger charge is -2.16. The van der Waals surface area contributed by atoms with Gasteiger partial charge in [-0.15, -0.1) is 6.58 Å². The maximum atomic E-state index is 11.8. The Bertz CT molecular complexity index is 198. The van der Waals surface area contributed by atoms with Crippen molar-refractivity contribution in [3.63, 3.8) is 0 Å². The molecule has 1 unspecified atom stereocenters. The summed E-state index contributed by atoms with van der Waals surface area (Å²) in [5, 5.41) is 0. The van der Waals surface area contributed by atoms with Gasteiger partial charge in [0.15, 0.2) is 0 Å². The van der Waals surface area contributed by atoms with Crippen molar-refractivity contribution in [2.45, 2.75) is 44.3 Å². The van der Waals surface area contributed by atoms with E-state index in [1.54, 1.807) is 0 Å². The largest absolute Gasteiger partial charge is 0.411 e. The van der Waals surface area contributed by atoms with Crippen LogP contribution in [0.25, 0.3) is 0 Å². The number of hydrogen-bond donors (Lipinski definition) is 2. The van der Waals surface area contributed by atoms with Crippen LogP contribution < -0.4 is 11.3 Å². The summed E-state index contributed by atoms with van der Waals surface area (Å²) in [5.74, 6) is 5.24. The van der Waals surface area contributed by atoms with E-state index in [0.29, 0.717) is 6.42 Å². The van der Waals surface area contributed by atoms with Crippen LogP contribution in [-0.4, -0.2) is 25.4 Å². The van der Waals surface area contributed by atoms with E-state index in [2.05, 4.69) is 16.7 Å². The van der Waals surface area contributed by atoms with Crippen LogP contribution in [0.15, 0.2) is 12.7 Å². The van der Waals surface area contributed by atoms with Crippen LogP contribution in [0.3, 0.4) is 0 Å². The van der Waals surface area contributed by atoms with Crippen molar-refractivity contribution >= 4 is 0 Å². The smallest absolute Gasteiger partial charge is 0.370 e. The highest BCUT2D eigenvalue weighted by atomic mass is 19.4. The third-order valence-electron chi connectivity index (χ3n) is 2.28. The van der Waals surface area contributed by atoms with Crippen molar-refractivity contribution in [2.24, 2.45) is 5.84 Å². The van der Waals surface area contributed by atoms with Crippen molar-refractivity contribution in [1.82, 2.24) is 5.43 Å². The van der Waals surface area contributed by atoms with Crippen molar-refractivity contribution < 1.29 is 17.9 Å². The molecule has 0 spiro atoms. The Hall–Kier alpha value is -0.590. The summed E-state index contributed by atoms with van der Waals surface area (Å²) < 4.78 is 40.0. The van der Waals surface area contributed by atoms with E-state index in [0.717, 1.165) is 25.7 Å². The summed E-state index contributed by atoms with van der Waals surface area (Å²) >= 11 is 0. The molecule has 0 radical (unpaired) electrons. The average molecular weight is 254 g/mol. The monoisotopic (exact) mass is 254 g/mol. The molecule has 102 valence electrons. The fraction of sp³-hybridized carbons (Fsp3) is 0.818. The fourth-order valence-corrected chi connectivity index (χ4v) is 1.39. The van der Waals surface area contributed by atoms with Crippen LogP contribution in [0.2, 0.25) is 0 Å². The van der Waals surface area contributed by atoms with Gasteiger partial charge in [0.1, 0.15) is 6.61 Å². The molecule has 0 rings (SSSR count). The number of unbranched alkanes of at least 4 members (excludes halogenated alkanes) is 3. The Kier molecular flexibility index (Phi) is 9.11. The standard InChI is InChI=1S/C11H21F3N2O/c1-2-3-4-5-6-7-10(16-15)8-17-9-11(12,13)14/h2,10,16H,1,3-9,15H2. The summed E-state index contributed by atoms with van der Waals surface area (Å²) in [5.41, 5.74) is 2.47. The van der Waals surface area contributed by atoms with Gasteiger partial charge in [-0.05, 0) is 19.3 Å². The highest BCUT2D eigenvalue weighted by Crippen LogP contribution is 2.15. The van der Waals surface area contributed by atoms with E-state index in [1.807, 2.05) is 6.08 Å². The number of alkyl halides is 3. The summed E-state index contributed by atoms with van der Waals surface area (Å²) in [4.78, 5) is 0. The van der Waals surface area contributed by atoms with Crippen LogP contribution in [-0.2, 0) is 4.74 Å². The molecule has 17 heavy (non-hydrogen) atoms. The molecule has 0 aromatic heterocycles. The minimum atomic E-state index is -4.27. The number of halogens is 3. The molecular formula is C11H21F3N2O. The zero-order valence-electron chi connectivity index (χ0n) is 9.93. The van der Waals surface area contributed by atoms with Crippen molar-refractivity contribution in [1.29, 1.82) is 0 Å². The molecule has 0 aliphatic heterocycles. The lowest BCUT2D eigenvalue weighted by molar-refractivity contribution is -0.175. The fourth-order valence-electron chi connectivity index (χ4n) is 1.39. The summed E-state index contributed by atoms with van der Waals surface area (Å²) in [6, 6.07) is -0.221. The SMILES string of the molecule is C=CCCCCCC(COCC(F)(F)F)NN. The van der Waals surface area contributed by atoms with Crippen LogP contribution in [0.1, 0.15) is 32.1 Å². The first-order valence-corrected chi connectivity index (χ1v) is 5.71. The Morgan fingerprint density at radius 1 is 1.29 bits per heavy atom. The van der Waals surface area contributed by atoms with E-state index < -0.39 is 12.8 Å². The molecule has 0 fully saturated rings. The minimum Gasteiger partial charge on any atom is -0.370 e. The number of ether oxygens (including phenoxy) is 1. The van der Waals surface area contributed by atoms with Gasteiger partial charge in [0.25, 0.3) is 0 Å². The number of hydrazine groups is 1. The normalized spacial score (nSPS) is 13.6. The predicted octanol–water partition coefficient (Wildman–Crippen LogP) is 2.53. The molecule has 0 saturated carbocycles. The van der Waals surface area contributed by atoms with Crippen LogP contribution >= 0.6 is 0 Å². The average Bonchev–Trinajstić information content (AvgIpc) is 2.25. The zero-order chi connectivity index (χ0) is 13.1. The predicted molar refractivity (Wildman–Crippen MR) is 61.3 cm³/mol. The van der Waals surface area contributed by atoms with Gasteiger partial charge in [-0.25, -0.2) is 0 Å². The van der Waals surface area contributed by atoms with Crippen LogP contribution in [0.4, 0.5) is 13.2 Å². The molecule has 3 N–H and O–H groups in total. The first kappa shape index (κ1) is 16.4. The van der Waals surface area contributed by atoms with E-state index >= 15 is 0 Å². The van der Waals surface area contributed by atoms with Crippen molar-refractivity contribution in [3.8, 4) is 0 Å². The molecule has 0 amide bonds. The second kappa shape index (κ2) is 9.44. The molecule has 0 heterocycles. The molecule has 0 saturated heterocycles. The third-order valence-corrected chi connectivity index (χ3v) is 2.28. The van der Waals surface area contributed by atoms with Gasteiger partial charge in [0, 0.05) is 6.04 Å². The summed E-state index contributed by atoms with van der Waals surface area (Å²) in [7, 11) is 0. The molecule has 0 aromatic rings. The lowest BCUT2D eigenvalue weighted by atomic mass is 10.1. The molecule has 6 heteroatoms. The number of rotatable bonds is 10. The minimum absolute atomic E-state index is 0.0164. The highest BCUT2D eigenvalue weighted by molar-refractivity contribution is 4.67. The Balaban J connectivity index is 3.52. The van der Waals surface area contributed by atoms with Gasteiger partial charge in [-0.3, -0.25) is 11.3 Å². The van der Waals surface area contributed by atoms with Crippen LogP contribution in [0, 0.1) is 0 Å².